The van der Waals surface area contributed by atoms with Crippen LogP contribution in [0.2, 0.25) is 0 Å². The van der Waals surface area contributed by atoms with Crippen LogP contribution in [0.15, 0.2) is 23.4 Å². The third-order valence-electron chi connectivity index (χ3n) is 12.6. The molecule has 206 valence electrons. The minimum absolute atomic E-state index is 0.0369. The molecule has 38 heavy (non-hydrogen) atoms. The van der Waals surface area contributed by atoms with E-state index in [1.54, 1.807) is 13.0 Å². The van der Waals surface area contributed by atoms with Crippen LogP contribution in [-0.4, -0.2) is 36.4 Å². The van der Waals surface area contributed by atoms with Crippen molar-refractivity contribution in [3.8, 4) is 0 Å². The molecular formula is C32H43NO5. The lowest BCUT2D eigenvalue weighted by molar-refractivity contribution is -0.191. The van der Waals surface area contributed by atoms with E-state index in [0.717, 1.165) is 44.1 Å². The number of carbonyl (C=O) groups excluding carboxylic acids is 3. The van der Waals surface area contributed by atoms with Gasteiger partial charge in [-0.05, 0) is 79.1 Å². The van der Waals surface area contributed by atoms with E-state index in [2.05, 4.69) is 39.5 Å². The molecule has 0 aromatic heterocycles. The first-order chi connectivity index (χ1) is 17.6. The molecule has 0 aromatic rings. The summed E-state index contributed by atoms with van der Waals surface area (Å²) in [5, 5.41) is 10.4. The number of aliphatic hydroxyl groups excluding tert-OH is 1. The number of methoxy groups -OCH3 is 1. The number of hydrogen-bond donors (Lipinski definition) is 1. The zero-order valence-corrected chi connectivity index (χ0v) is 24.1. The summed E-state index contributed by atoms with van der Waals surface area (Å²) in [5.74, 6) is -0.970. The molecule has 8 atom stereocenters. The summed E-state index contributed by atoms with van der Waals surface area (Å²) in [6.07, 6.45) is 9.11. The lowest BCUT2D eigenvalue weighted by atomic mass is 9.34. The summed E-state index contributed by atoms with van der Waals surface area (Å²) in [6.45, 7) is 20.3. The fraction of sp³-hybridized carbons (Fsp3) is 0.750. The van der Waals surface area contributed by atoms with Gasteiger partial charge < -0.3 is 14.6 Å². The molecule has 3 fully saturated rings. The third kappa shape index (κ3) is 3.12. The molecular weight excluding hydrogens is 478 g/mol. The third-order valence-corrected chi connectivity index (χ3v) is 12.6. The second-order valence-corrected chi connectivity index (χ2v) is 14.7. The molecule has 3 saturated carbocycles. The van der Waals surface area contributed by atoms with Crippen LogP contribution in [0.1, 0.15) is 86.5 Å². The lowest BCUT2D eigenvalue weighted by Gasteiger charge is -2.69. The van der Waals surface area contributed by atoms with E-state index >= 15 is 0 Å². The number of rotatable bonds is 2. The van der Waals surface area contributed by atoms with Crippen molar-refractivity contribution >= 4 is 17.5 Å². The fourth-order valence-electron chi connectivity index (χ4n) is 10.2. The Morgan fingerprint density at radius 3 is 2.34 bits per heavy atom. The molecule has 5 aliphatic carbocycles. The highest BCUT2D eigenvalue weighted by atomic mass is 16.5. The van der Waals surface area contributed by atoms with Crippen molar-refractivity contribution in [3.63, 3.8) is 0 Å². The largest absolute Gasteiger partial charge is 0.469 e. The molecule has 0 amide bonds. The van der Waals surface area contributed by atoms with E-state index in [4.69, 9.17) is 11.3 Å². The van der Waals surface area contributed by atoms with Crippen LogP contribution < -0.4 is 0 Å². The van der Waals surface area contributed by atoms with Crippen molar-refractivity contribution in [3.05, 3.63) is 34.8 Å². The molecule has 0 bridgehead atoms. The number of carbonyl (C=O) groups is 3. The van der Waals surface area contributed by atoms with Gasteiger partial charge in [-0.3, -0.25) is 9.59 Å². The number of hydrogen-bond acceptors (Lipinski definition) is 5. The summed E-state index contributed by atoms with van der Waals surface area (Å²) in [6, 6.07) is 0. The van der Waals surface area contributed by atoms with Crippen LogP contribution in [0, 0.1) is 56.8 Å². The predicted octanol–water partition coefficient (Wildman–Crippen LogP) is 5.70. The number of ketones is 2. The molecule has 5 rings (SSSR count). The topological polar surface area (TPSA) is 85.0 Å². The van der Waals surface area contributed by atoms with Crippen molar-refractivity contribution in [1.82, 2.24) is 0 Å². The highest BCUT2D eigenvalue weighted by Gasteiger charge is 2.71. The Bertz CT molecular complexity index is 1220. The van der Waals surface area contributed by atoms with Gasteiger partial charge in [-0.25, -0.2) is 4.85 Å². The monoisotopic (exact) mass is 521 g/mol. The van der Waals surface area contributed by atoms with Gasteiger partial charge in [0.2, 0.25) is 5.70 Å². The van der Waals surface area contributed by atoms with Gasteiger partial charge in [0.05, 0.1) is 25.7 Å². The van der Waals surface area contributed by atoms with Gasteiger partial charge in [0.15, 0.2) is 11.6 Å². The molecule has 0 spiro atoms. The Morgan fingerprint density at radius 1 is 1.08 bits per heavy atom. The SMILES string of the molecule is [C-]#[N+]C1=C[C@]2(C)C3=CC(=O)[C@@H]4[C@@H]5CC(C)(C)CC[C@]5(C(=O)OC)CC[C@@]4(C)[C@]3(C)CC[C@H]2[C@](C)(CO)C1=O. The Kier molecular flexibility index (Phi) is 5.84. The highest BCUT2D eigenvalue weighted by molar-refractivity contribution is 6.03. The number of allylic oxidation sites excluding steroid dienone is 4. The average molecular weight is 522 g/mol. The second kappa shape index (κ2) is 8.13. The van der Waals surface area contributed by atoms with Crippen molar-refractivity contribution in [2.75, 3.05) is 13.7 Å². The minimum atomic E-state index is -1.06. The maximum absolute atomic E-state index is 14.4. The van der Waals surface area contributed by atoms with Crippen molar-refractivity contribution in [1.29, 1.82) is 0 Å². The molecule has 1 N–H and O–H groups in total. The maximum atomic E-state index is 14.4. The van der Waals surface area contributed by atoms with E-state index in [-0.39, 0.29) is 63.8 Å². The normalized spacial score (nSPS) is 47.3. The number of aliphatic hydroxyl groups is 1. The van der Waals surface area contributed by atoms with Gasteiger partial charge in [0.1, 0.15) is 0 Å². The molecule has 0 unspecified atom stereocenters. The lowest BCUT2D eigenvalue weighted by Crippen LogP contribution is -2.66. The second-order valence-electron chi connectivity index (χ2n) is 14.7. The van der Waals surface area contributed by atoms with E-state index in [1.165, 1.54) is 7.11 Å². The minimum Gasteiger partial charge on any atom is -0.469 e. The number of Topliss-reactive ketones (excluding diaryl/α,β-unsaturated/α-hetero) is 1. The van der Waals surface area contributed by atoms with Gasteiger partial charge in [0.25, 0.3) is 0 Å². The number of nitrogens with zero attached hydrogens (tertiary/aromatic N) is 1. The van der Waals surface area contributed by atoms with E-state index in [1.807, 2.05) is 6.08 Å². The Hall–Kier alpha value is -2.26. The highest BCUT2D eigenvalue weighted by Crippen LogP contribution is 2.74. The van der Waals surface area contributed by atoms with Gasteiger partial charge in [-0.2, -0.15) is 0 Å². The predicted molar refractivity (Wildman–Crippen MR) is 143 cm³/mol. The molecule has 6 nitrogen and oxygen atoms in total. The fourth-order valence-corrected chi connectivity index (χ4v) is 10.2. The summed E-state index contributed by atoms with van der Waals surface area (Å²) in [4.78, 5) is 44.6. The van der Waals surface area contributed by atoms with Crippen molar-refractivity contribution < 1.29 is 24.2 Å². The smallest absolute Gasteiger partial charge is 0.312 e. The van der Waals surface area contributed by atoms with Crippen LogP contribution in [0.5, 0.6) is 0 Å². The Balaban J connectivity index is 1.71. The van der Waals surface area contributed by atoms with Gasteiger partial charge in [-0.15, -0.1) is 0 Å². The van der Waals surface area contributed by atoms with E-state index in [0.29, 0.717) is 6.42 Å². The molecule has 0 heterocycles. The van der Waals surface area contributed by atoms with E-state index in [9.17, 15) is 19.5 Å². The molecule has 6 heteroatoms. The van der Waals surface area contributed by atoms with Gasteiger partial charge >= 0.3 is 5.97 Å². The van der Waals surface area contributed by atoms with Crippen LogP contribution >= 0.6 is 0 Å². The quantitative estimate of drug-likeness (QED) is 0.372. The molecule has 0 aromatic carbocycles. The van der Waals surface area contributed by atoms with Crippen LogP contribution in [0.25, 0.3) is 4.85 Å². The van der Waals surface area contributed by atoms with E-state index < -0.39 is 16.2 Å². The van der Waals surface area contributed by atoms with Crippen LogP contribution in [0.3, 0.4) is 0 Å². The van der Waals surface area contributed by atoms with Crippen LogP contribution in [0.4, 0.5) is 0 Å². The Morgan fingerprint density at radius 2 is 1.74 bits per heavy atom. The zero-order valence-electron chi connectivity index (χ0n) is 24.1. The molecule has 0 saturated heterocycles. The number of fused-ring (bicyclic) bond motifs is 7. The first kappa shape index (κ1) is 27.3. The number of esters is 1. The average Bonchev–Trinajstić information content (AvgIpc) is 2.86. The maximum Gasteiger partial charge on any atom is 0.312 e. The van der Waals surface area contributed by atoms with Crippen molar-refractivity contribution in [2.24, 2.45) is 50.2 Å². The molecule has 0 radical (unpaired) electrons. The van der Waals surface area contributed by atoms with Crippen LogP contribution in [-0.2, 0) is 19.1 Å². The first-order valence-corrected chi connectivity index (χ1v) is 14.2. The molecule has 0 aliphatic heterocycles. The van der Waals surface area contributed by atoms with Crippen molar-refractivity contribution in [2.45, 2.75) is 86.5 Å². The summed E-state index contributed by atoms with van der Waals surface area (Å²) >= 11 is 0. The zero-order chi connectivity index (χ0) is 28.1. The summed E-state index contributed by atoms with van der Waals surface area (Å²) in [5.41, 5.74) is -2.00. The first-order valence-electron chi connectivity index (χ1n) is 14.2. The Labute approximate surface area is 227 Å². The van der Waals surface area contributed by atoms with Gasteiger partial charge in [0, 0.05) is 16.7 Å². The molecule has 5 aliphatic rings. The van der Waals surface area contributed by atoms with Gasteiger partial charge in [-0.1, -0.05) is 53.2 Å². The summed E-state index contributed by atoms with van der Waals surface area (Å²) in [7, 11) is 1.47. The summed E-state index contributed by atoms with van der Waals surface area (Å²) < 4.78 is 5.40. The standard InChI is InChI=1S/C32H43NO5/c1-27(2)11-13-32(26(37)38-8)14-12-31(6)24(19(32)16-27)21(35)15-23-28(3)17-20(33-7)25(36)29(4,18-34)22(28)9-10-30(23,31)5/h15,17,19,22,24,34H,9-14,16,18H2,1-6,8H3/t19-,22+,24-,28-,29-,30+,31+,32-/m0/s1. The number of ether oxygens (including phenoxy) is 1.